The Hall–Kier alpha value is -2.41. The summed E-state index contributed by atoms with van der Waals surface area (Å²) in [5.74, 6) is -0.448. The molecule has 3 aromatic carbocycles. The van der Waals surface area contributed by atoms with Gasteiger partial charge in [-0.3, -0.25) is 4.79 Å². The predicted octanol–water partition coefficient (Wildman–Crippen LogP) is 6.82. The number of carbonyl (C=O) groups is 1. The molecule has 0 spiro atoms. The predicted molar refractivity (Wildman–Crippen MR) is 138 cm³/mol. The van der Waals surface area contributed by atoms with Crippen LogP contribution in [0.4, 0.5) is 18.9 Å². The van der Waals surface area contributed by atoms with Crippen LogP contribution < -0.4 is 9.75 Å². The summed E-state index contributed by atoms with van der Waals surface area (Å²) in [6, 6.07) is 21.0. The third-order valence-electron chi connectivity index (χ3n) is 4.71. The van der Waals surface area contributed by atoms with Gasteiger partial charge in [0, 0.05) is 9.13 Å². The number of para-hydroxylation sites is 1. The molecule has 0 unspecified atom stereocenters. The maximum Gasteiger partial charge on any atom is 0.435 e. The highest BCUT2D eigenvalue weighted by molar-refractivity contribution is 14.1. The number of alkyl halides is 3. The lowest BCUT2D eigenvalue weighted by Crippen LogP contribution is -2.25. The zero-order chi connectivity index (χ0) is 23.6. The fourth-order valence-electron chi connectivity index (χ4n) is 3.22. The molecular weight excluding hydrogens is 659 g/mol. The van der Waals surface area contributed by atoms with Crippen molar-refractivity contribution in [2.45, 2.75) is 12.8 Å². The van der Waals surface area contributed by atoms with Crippen LogP contribution in [0.2, 0.25) is 0 Å². The quantitative estimate of drug-likeness (QED) is 0.220. The molecule has 0 N–H and O–H groups in total. The monoisotopic (exact) mass is 674 g/mol. The maximum absolute atomic E-state index is 13.8. The summed E-state index contributed by atoms with van der Waals surface area (Å²) in [5, 5.41) is 4.39. The largest absolute Gasteiger partial charge is 0.487 e. The van der Waals surface area contributed by atoms with E-state index in [2.05, 4.69) is 50.3 Å². The van der Waals surface area contributed by atoms with E-state index in [0.29, 0.717) is 11.3 Å². The van der Waals surface area contributed by atoms with Crippen molar-refractivity contribution in [1.82, 2.24) is 0 Å². The number of nitrogens with zero attached hydrogens (tertiary/aromatic N) is 2. The number of anilines is 1. The Morgan fingerprint density at radius 2 is 1.61 bits per heavy atom. The highest BCUT2D eigenvalue weighted by Gasteiger charge is 2.46. The molecule has 3 aromatic rings. The minimum atomic E-state index is -4.80. The number of carbonyl (C=O) groups excluding carboxylic acids is 1. The lowest BCUT2D eigenvalue weighted by Gasteiger charge is -2.14. The topological polar surface area (TPSA) is 41.9 Å². The second-order valence-electron chi connectivity index (χ2n) is 7.04. The molecule has 0 atom stereocenters. The van der Waals surface area contributed by atoms with Gasteiger partial charge in [-0.05, 0) is 81.1 Å². The van der Waals surface area contributed by atoms with E-state index in [1.54, 1.807) is 24.3 Å². The van der Waals surface area contributed by atoms with Crippen molar-refractivity contribution in [2.24, 2.45) is 5.10 Å². The zero-order valence-corrected chi connectivity index (χ0v) is 21.1. The lowest BCUT2D eigenvalue weighted by molar-refractivity contribution is -0.114. The number of amides is 1. The Morgan fingerprint density at radius 3 is 2.24 bits per heavy atom. The third-order valence-corrected chi connectivity index (χ3v) is 6.13. The normalized spacial score (nSPS) is 15.2. The third kappa shape index (κ3) is 5.40. The van der Waals surface area contributed by atoms with E-state index in [9.17, 15) is 18.0 Å². The molecule has 33 heavy (non-hydrogen) atoms. The van der Waals surface area contributed by atoms with Crippen LogP contribution in [0, 0.1) is 7.14 Å². The summed E-state index contributed by atoms with van der Waals surface area (Å²) in [7, 11) is 0. The number of hydrazone groups is 1. The Labute approximate surface area is 215 Å². The minimum absolute atomic E-state index is 0.234. The SMILES string of the molecule is O=C1/C(=C\c2cc(I)cc(I)c2OCc2ccccc2)C(C(F)(F)F)=NN1c1ccccc1. The lowest BCUT2D eigenvalue weighted by atomic mass is 10.1. The Morgan fingerprint density at radius 1 is 0.970 bits per heavy atom. The molecule has 168 valence electrons. The number of halogens is 5. The zero-order valence-electron chi connectivity index (χ0n) is 16.8. The number of rotatable bonds is 5. The van der Waals surface area contributed by atoms with E-state index in [1.165, 1.54) is 18.2 Å². The fraction of sp³-hybridized carbons (Fsp3) is 0.0833. The summed E-state index contributed by atoms with van der Waals surface area (Å²) < 4.78 is 49.0. The molecule has 0 saturated carbocycles. The smallest absolute Gasteiger partial charge is 0.435 e. The van der Waals surface area contributed by atoms with Crippen molar-refractivity contribution in [2.75, 3.05) is 5.01 Å². The minimum Gasteiger partial charge on any atom is -0.487 e. The van der Waals surface area contributed by atoms with E-state index in [4.69, 9.17) is 4.74 Å². The van der Waals surface area contributed by atoms with Crippen molar-refractivity contribution in [1.29, 1.82) is 0 Å². The van der Waals surface area contributed by atoms with Gasteiger partial charge in [-0.15, -0.1) is 0 Å². The van der Waals surface area contributed by atoms with Gasteiger partial charge in [-0.25, -0.2) is 0 Å². The van der Waals surface area contributed by atoms with E-state index in [0.717, 1.165) is 17.7 Å². The van der Waals surface area contributed by atoms with Crippen LogP contribution >= 0.6 is 45.2 Å². The molecule has 4 nitrogen and oxygen atoms in total. The Bertz CT molecular complexity index is 1240. The summed E-state index contributed by atoms with van der Waals surface area (Å²) in [6.07, 6.45) is -3.59. The van der Waals surface area contributed by atoms with Gasteiger partial charge in [0.2, 0.25) is 0 Å². The highest BCUT2D eigenvalue weighted by atomic mass is 127. The first kappa shape index (κ1) is 23.7. The molecule has 1 aliphatic heterocycles. The van der Waals surface area contributed by atoms with E-state index < -0.39 is 23.4 Å². The molecule has 9 heteroatoms. The van der Waals surface area contributed by atoms with Crippen LogP contribution in [-0.2, 0) is 11.4 Å². The second kappa shape index (κ2) is 9.84. The van der Waals surface area contributed by atoms with Crippen LogP contribution in [-0.4, -0.2) is 17.8 Å². The Kier molecular flexibility index (Phi) is 7.07. The van der Waals surface area contributed by atoms with Crippen molar-refractivity contribution < 1.29 is 22.7 Å². The van der Waals surface area contributed by atoms with Crippen molar-refractivity contribution >= 4 is 68.6 Å². The van der Waals surface area contributed by atoms with Gasteiger partial charge < -0.3 is 4.74 Å². The van der Waals surface area contributed by atoms with Gasteiger partial charge in [-0.2, -0.15) is 23.3 Å². The molecule has 1 heterocycles. The molecule has 1 aliphatic rings. The van der Waals surface area contributed by atoms with Gasteiger partial charge in [-0.1, -0.05) is 48.5 Å². The van der Waals surface area contributed by atoms with E-state index in [-0.39, 0.29) is 12.3 Å². The van der Waals surface area contributed by atoms with Crippen LogP contribution in [0.1, 0.15) is 11.1 Å². The maximum atomic E-state index is 13.8. The summed E-state index contributed by atoms with van der Waals surface area (Å²) in [6.45, 7) is 0.234. The summed E-state index contributed by atoms with van der Waals surface area (Å²) >= 11 is 4.15. The Balaban J connectivity index is 1.76. The van der Waals surface area contributed by atoms with Crippen molar-refractivity contribution in [3.8, 4) is 5.75 Å². The average molecular weight is 674 g/mol. The first-order chi connectivity index (χ1) is 15.7. The number of benzene rings is 3. The number of hydrogen-bond acceptors (Lipinski definition) is 3. The van der Waals surface area contributed by atoms with Crippen LogP contribution in [0.3, 0.4) is 0 Å². The molecule has 0 bridgehead atoms. The first-order valence-electron chi connectivity index (χ1n) is 9.67. The number of ether oxygens (including phenoxy) is 1. The molecule has 0 radical (unpaired) electrons. The van der Waals surface area contributed by atoms with Crippen LogP contribution in [0.25, 0.3) is 6.08 Å². The summed E-state index contributed by atoms with van der Waals surface area (Å²) in [4.78, 5) is 13.0. The molecule has 4 rings (SSSR count). The number of hydrogen-bond donors (Lipinski definition) is 0. The molecule has 0 aliphatic carbocycles. The standard InChI is InChI=1S/C24H15F3I2N2O2/c25-24(26,27)22-19(23(32)31(30-22)18-9-5-2-6-10-18)12-16-11-17(28)13-20(29)21(16)33-14-15-7-3-1-4-8-15/h1-13H,14H2/b19-12-. The van der Waals surface area contributed by atoms with Gasteiger partial charge in [0.25, 0.3) is 5.91 Å². The molecule has 0 saturated heterocycles. The average Bonchev–Trinajstić information content (AvgIpc) is 3.11. The highest BCUT2D eigenvalue weighted by Crippen LogP contribution is 2.36. The van der Waals surface area contributed by atoms with Gasteiger partial charge in [0.1, 0.15) is 12.4 Å². The summed E-state index contributed by atoms with van der Waals surface area (Å²) in [5.41, 5.74) is -0.231. The molecule has 0 fully saturated rings. The van der Waals surface area contributed by atoms with Crippen molar-refractivity contribution in [3.05, 3.63) is 96.6 Å². The van der Waals surface area contributed by atoms with Crippen LogP contribution in [0.5, 0.6) is 5.75 Å². The fourth-order valence-corrected chi connectivity index (χ4v) is 5.27. The van der Waals surface area contributed by atoms with Gasteiger partial charge in [0.05, 0.1) is 14.8 Å². The molecule has 0 aromatic heterocycles. The van der Waals surface area contributed by atoms with E-state index in [1.807, 2.05) is 36.4 Å². The molecular formula is C24H15F3I2N2O2. The second-order valence-corrected chi connectivity index (χ2v) is 9.44. The van der Waals surface area contributed by atoms with Crippen molar-refractivity contribution in [3.63, 3.8) is 0 Å². The first-order valence-corrected chi connectivity index (χ1v) is 11.8. The van der Waals surface area contributed by atoms with Gasteiger partial charge >= 0.3 is 6.18 Å². The van der Waals surface area contributed by atoms with Gasteiger partial charge in [0.15, 0.2) is 5.71 Å². The van der Waals surface area contributed by atoms with Crippen LogP contribution in [0.15, 0.2) is 83.5 Å². The molecule has 1 amide bonds. The van der Waals surface area contributed by atoms with E-state index >= 15 is 0 Å².